The monoisotopic (exact) mass is 302 g/mol. The van der Waals surface area contributed by atoms with Crippen LogP contribution in [0.15, 0.2) is 29.8 Å². The molecule has 0 aromatic heterocycles. The molecule has 0 saturated carbocycles. The molecule has 1 aromatic rings. The summed E-state index contributed by atoms with van der Waals surface area (Å²) < 4.78 is 0. The van der Waals surface area contributed by atoms with Crippen LogP contribution in [-0.2, 0) is 9.59 Å². The Hall–Kier alpha value is -2.70. The molecule has 1 saturated heterocycles. The fraction of sp³-hybridized carbons (Fsp3) is 0.333. The van der Waals surface area contributed by atoms with Crippen LogP contribution in [0, 0.1) is 22.0 Å². The third kappa shape index (κ3) is 2.05. The van der Waals surface area contributed by atoms with Crippen LogP contribution in [0.25, 0.3) is 0 Å². The Morgan fingerprint density at radius 2 is 1.95 bits per heavy atom. The molecule has 0 bridgehead atoms. The van der Waals surface area contributed by atoms with Crippen LogP contribution in [0.5, 0.6) is 5.75 Å². The van der Waals surface area contributed by atoms with Gasteiger partial charge in [0.2, 0.25) is 11.8 Å². The van der Waals surface area contributed by atoms with Crippen LogP contribution in [0.1, 0.15) is 19.8 Å². The fourth-order valence-corrected chi connectivity index (χ4v) is 3.09. The lowest BCUT2D eigenvalue weighted by atomic mass is 9.82. The lowest BCUT2D eigenvalue weighted by Crippen LogP contribution is -2.30. The van der Waals surface area contributed by atoms with Crippen molar-refractivity contribution in [3.8, 4) is 5.75 Å². The first-order valence-electron chi connectivity index (χ1n) is 6.91. The number of carbonyl (C=O) groups is 2. The summed E-state index contributed by atoms with van der Waals surface area (Å²) in [5, 5.41) is 20.7. The second-order valence-corrected chi connectivity index (χ2v) is 5.65. The maximum Gasteiger partial charge on any atom is 0.273 e. The number of nitro groups is 1. The number of rotatable bonds is 2. The molecule has 1 aromatic carbocycles. The standard InChI is InChI=1S/C15H14N2O5/c1-8-2-4-10-11(6-8)15(20)16(14(10)19)12-5-3-9(17(21)22)7-13(12)18/h2-3,5,7,10-11,18H,4,6H2,1H3/t10-,11-/m1/s1. The van der Waals surface area contributed by atoms with Gasteiger partial charge in [0.1, 0.15) is 5.75 Å². The van der Waals surface area contributed by atoms with Crippen LogP contribution in [0.3, 0.4) is 0 Å². The Morgan fingerprint density at radius 1 is 1.27 bits per heavy atom. The second-order valence-electron chi connectivity index (χ2n) is 5.65. The molecule has 0 unspecified atom stereocenters. The summed E-state index contributed by atoms with van der Waals surface area (Å²) in [7, 11) is 0. The number of hydrogen-bond donors (Lipinski definition) is 1. The van der Waals surface area contributed by atoms with E-state index in [2.05, 4.69) is 0 Å². The fourth-order valence-electron chi connectivity index (χ4n) is 3.09. The maximum atomic E-state index is 12.5. The van der Waals surface area contributed by atoms with Gasteiger partial charge in [-0.2, -0.15) is 0 Å². The van der Waals surface area contributed by atoms with Crippen LogP contribution in [-0.4, -0.2) is 21.8 Å². The van der Waals surface area contributed by atoms with Crippen molar-refractivity contribution in [2.75, 3.05) is 4.90 Å². The number of anilines is 1. The smallest absolute Gasteiger partial charge is 0.273 e. The highest BCUT2D eigenvalue weighted by atomic mass is 16.6. The van der Waals surface area contributed by atoms with Crippen LogP contribution in [0.2, 0.25) is 0 Å². The average Bonchev–Trinajstić information content (AvgIpc) is 2.71. The molecule has 2 amide bonds. The van der Waals surface area contributed by atoms with Gasteiger partial charge in [-0.25, -0.2) is 4.90 Å². The number of nitro benzene ring substituents is 1. The topological polar surface area (TPSA) is 101 Å². The number of nitrogens with zero attached hydrogens (tertiary/aromatic N) is 2. The molecular formula is C15H14N2O5. The van der Waals surface area contributed by atoms with Crippen molar-refractivity contribution >= 4 is 23.2 Å². The number of aromatic hydroxyl groups is 1. The van der Waals surface area contributed by atoms with Crippen LogP contribution in [0.4, 0.5) is 11.4 Å². The van der Waals surface area contributed by atoms with Gasteiger partial charge in [0.25, 0.3) is 5.69 Å². The van der Waals surface area contributed by atoms with Crippen LogP contribution < -0.4 is 4.90 Å². The van der Waals surface area contributed by atoms with E-state index in [4.69, 9.17) is 0 Å². The van der Waals surface area contributed by atoms with Crippen molar-refractivity contribution in [1.82, 2.24) is 0 Å². The lowest BCUT2D eigenvalue weighted by Gasteiger charge is -2.18. The summed E-state index contributed by atoms with van der Waals surface area (Å²) in [6.07, 6.45) is 2.98. The van der Waals surface area contributed by atoms with E-state index in [9.17, 15) is 24.8 Å². The number of phenols is 1. The largest absolute Gasteiger partial charge is 0.505 e. The molecule has 1 aliphatic carbocycles. The van der Waals surface area contributed by atoms with Crippen molar-refractivity contribution in [2.24, 2.45) is 11.8 Å². The molecule has 7 nitrogen and oxygen atoms in total. The molecule has 3 rings (SSSR count). The number of benzene rings is 1. The van der Waals surface area contributed by atoms with Crippen molar-refractivity contribution in [3.63, 3.8) is 0 Å². The SMILES string of the molecule is CC1=CC[C@H]2C(=O)N(c3ccc([N+](=O)[O-])cc3O)C(=O)[C@@H]2C1. The lowest BCUT2D eigenvalue weighted by molar-refractivity contribution is -0.384. The first-order valence-corrected chi connectivity index (χ1v) is 6.91. The number of amides is 2. The number of non-ortho nitro benzene ring substituents is 1. The van der Waals surface area contributed by atoms with Gasteiger partial charge in [-0.05, 0) is 25.8 Å². The third-order valence-corrected chi connectivity index (χ3v) is 4.23. The maximum absolute atomic E-state index is 12.5. The Labute approximate surface area is 126 Å². The molecule has 1 fully saturated rings. The minimum atomic E-state index is -0.649. The summed E-state index contributed by atoms with van der Waals surface area (Å²) in [6.45, 7) is 1.92. The van der Waals surface area contributed by atoms with Gasteiger partial charge in [-0.1, -0.05) is 11.6 Å². The van der Waals surface area contributed by atoms with E-state index >= 15 is 0 Å². The zero-order chi connectivity index (χ0) is 16.0. The molecular weight excluding hydrogens is 288 g/mol. The highest BCUT2D eigenvalue weighted by Crippen LogP contribution is 2.42. The van der Waals surface area contributed by atoms with Crippen molar-refractivity contribution < 1.29 is 19.6 Å². The van der Waals surface area contributed by atoms with E-state index in [-0.39, 0.29) is 23.2 Å². The van der Waals surface area contributed by atoms with Crippen molar-refractivity contribution in [1.29, 1.82) is 0 Å². The van der Waals surface area contributed by atoms with Crippen molar-refractivity contribution in [2.45, 2.75) is 19.8 Å². The quantitative estimate of drug-likeness (QED) is 0.390. The summed E-state index contributed by atoms with van der Waals surface area (Å²) in [6, 6.07) is 3.35. The number of hydrogen-bond acceptors (Lipinski definition) is 5. The zero-order valence-corrected chi connectivity index (χ0v) is 11.9. The first kappa shape index (κ1) is 14.2. The molecule has 0 spiro atoms. The van der Waals surface area contributed by atoms with Gasteiger partial charge in [0, 0.05) is 6.07 Å². The van der Waals surface area contributed by atoms with E-state index in [0.29, 0.717) is 12.8 Å². The van der Waals surface area contributed by atoms with E-state index < -0.39 is 22.5 Å². The summed E-state index contributed by atoms with van der Waals surface area (Å²) in [5.41, 5.74) is 0.778. The molecule has 114 valence electrons. The number of allylic oxidation sites excluding steroid dienone is 2. The van der Waals surface area contributed by atoms with Crippen molar-refractivity contribution in [3.05, 3.63) is 40.0 Å². The Bertz CT molecular complexity index is 725. The summed E-state index contributed by atoms with van der Waals surface area (Å²) >= 11 is 0. The molecule has 22 heavy (non-hydrogen) atoms. The van der Waals surface area contributed by atoms with Crippen LogP contribution >= 0.6 is 0 Å². The van der Waals surface area contributed by atoms with E-state index in [1.54, 1.807) is 0 Å². The first-order chi connectivity index (χ1) is 10.4. The Balaban J connectivity index is 1.98. The third-order valence-electron chi connectivity index (χ3n) is 4.23. The zero-order valence-electron chi connectivity index (χ0n) is 11.9. The number of phenolic OH excluding ortho intramolecular Hbond substituents is 1. The molecule has 1 N–H and O–H groups in total. The summed E-state index contributed by atoms with van der Waals surface area (Å²) in [5.74, 6) is -1.98. The number of imide groups is 1. The highest BCUT2D eigenvalue weighted by molar-refractivity contribution is 6.22. The predicted octanol–water partition coefficient (Wildman–Crippen LogP) is 2.15. The highest BCUT2D eigenvalue weighted by Gasteiger charge is 2.49. The molecule has 0 radical (unpaired) electrons. The van der Waals surface area contributed by atoms with Gasteiger partial charge in [-0.3, -0.25) is 19.7 Å². The minimum absolute atomic E-state index is 0.00709. The molecule has 1 aliphatic heterocycles. The van der Waals surface area contributed by atoms with Gasteiger partial charge in [0.15, 0.2) is 0 Å². The summed E-state index contributed by atoms with van der Waals surface area (Å²) in [4.78, 5) is 36.0. The predicted molar refractivity (Wildman–Crippen MR) is 77.2 cm³/mol. The minimum Gasteiger partial charge on any atom is -0.505 e. The second kappa shape index (κ2) is 4.94. The van der Waals surface area contributed by atoms with E-state index in [1.165, 1.54) is 12.1 Å². The molecule has 2 atom stereocenters. The van der Waals surface area contributed by atoms with E-state index in [0.717, 1.165) is 16.5 Å². The number of carbonyl (C=O) groups excluding carboxylic acids is 2. The van der Waals surface area contributed by atoms with Gasteiger partial charge in [0.05, 0.1) is 28.5 Å². The Kier molecular flexibility index (Phi) is 3.20. The molecule has 2 aliphatic rings. The Morgan fingerprint density at radius 3 is 2.59 bits per heavy atom. The average molecular weight is 302 g/mol. The molecule has 7 heteroatoms. The van der Waals surface area contributed by atoms with Gasteiger partial charge >= 0.3 is 0 Å². The van der Waals surface area contributed by atoms with E-state index in [1.807, 2.05) is 13.0 Å². The molecule has 1 heterocycles. The van der Waals surface area contributed by atoms with Gasteiger partial charge in [-0.15, -0.1) is 0 Å². The van der Waals surface area contributed by atoms with Gasteiger partial charge < -0.3 is 5.11 Å². The number of fused-ring (bicyclic) bond motifs is 1. The normalized spacial score (nSPS) is 24.2.